The second-order valence-electron chi connectivity index (χ2n) is 8.74. The Kier molecular flexibility index (Phi) is 4.41. The zero-order valence-corrected chi connectivity index (χ0v) is 17.5. The zero-order valence-electron chi connectivity index (χ0n) is 17.5. The van der Waals surface area contributed by atoms with Crippen LogP contribution < -0.4 is 10.6 Å². The molecule has 3 N–H and O–H groups in total. The Morgan fingerprint density at radius 2 is 1.77 bits per heavy atom. The molecule has 0 unspecified atom stereocenters. The minimum Gasteiger partial charge on any atom is -0.508 e. The summed E-state index contributed by atoms with van der Waals surface area (Å²) < 4.78 is 0. The lowest BCUT2D eigenvalue weighted by Crippen LogP contribution is -2.54. The summed E-state index contributed by atoms with van der Waals surface area (Å²) in [6, 6.07) is 13.5. The second-order valence-corrected chi connectivity index (χ2v) is 8.74. The maximum absolute atomic E-state index is 13.6. The van der Waals surface area contributed by atoms with Crippen LogP contribution in [-0.4, -0.2) is 39.8 Å². The number of nitrogens with one attached hydrogen (secondary N) is 2. The molecule has 7 nitrogen and oxygen atoms in total. The summed E-state index contributed by atoms with van der Waals surface area (Å²) in [5.74, 6) is -2.04. The van der Waals surface area contributed by atoms with Gasteiger partial charge in [0.2, 0.25) is 17.7 Å². The first-order chi connectivity index (χ1) is 14.9. The van der Waals surface area contributed by atoms with E-state index in [1.54, 1.807) is 24.3 Å². The predicted octanol–water partition coefficient (Wildman–Crippen LogP) is 2.15. The third-order valence-electron chi connectivity index (χ3n) is 7.08. The fourth-order valence-electron chi connectivity index (χ4n) is 5.46. The van der Waals surface area contributed by atoms with Crippen molar-refractivity contribution in [2.24, 2.45) is 11.8 Å². The first kappa shape index (κ1) is 19.8. The first-order valence-electron chi connectivity index (χ1n) is 10.7. The number of phenolic OH excluding ortho intramolecular Hbond substituents is 1. The standard InChI is InChI=1S/C24H25N3O4/c1-3-13(2)27-21(29)19-18(12-14-8-10-15(28)11-9-14)26-24(20(19)22(27)30)16-6-4-5-7-17(16)25-23(24)31/h4-11,13,18-20,26,28H,3,12H2,1-2H3,(H,25,31)/t13-,18-,19-,20+,24-/m1/s1. The number of nitrogens with zero attached hydrogens (tertiary/aromatic N) is 1. The van der Waals surface area contributed by atoms with Crippen LogP contribution in [0, 0.1) is 11.8 Å². The topological polar surface area (TPSA) is 98.7 Å². The molecule has 5 rings (SSSR count). The molecule has 3 heterocycles. The van der Waals surface area contributed by atoms with Crippen LogP contribution in [0.1, 0.15) is 31.4 Å². The van der Waals surface area contributed by atoms with Gasteiger partial charge in [-0.15, -0.1) is 0 Å². The van der Waals surface area contributed by atoms with Crippen LogP contribution in [0.4, 0.5) is 5.69 Å². The van der Waals surface area contributed by atoms with E-state index in [0.717, 1.165) is 11.1 Å². The lowest BCUT2D eigenvalue weighted by Gasteiger charge is -2.31. The smallest absolute Gasteiger partial charge is 0.250 e. The number of anilines is 1. The Labute approximate surface area is 180 Å². The van der Waals surface area contributed by atoms with Gasteiger partial charge >= 0.3 is 0 Å². The molecule has 0 saturated carbocycles. The first-order valence-corrected chi connectivity index (χ1v) is 10.7. The number of hydrogen-bond acceptors (Lipinski definition) is 5. The van der Waals surface area contributed by atoms with Gasteiger partial charge in [-0.1, -0.05) is 37.3 Å². The molecule has 1 spiro atoms. The van der Waals surface area contributed by atoms with Gasteiger partial charge in [-0.05, 0) is 43.5 Å². The van der Waals surface area contributed by atoms with E-state index in [4.69, 9.17) is 0 Å². The van der Waals surface area contributed by atoms with Crippen LogP contribution in [0.5, 0.6) is 5.75 Å². The van der Waals surface area contributed by atoms with Crippen molar-refractivity contribution in [2.75, 3.05) is 5.32 Å². The molecule has 0 radical (unpaired) electrons. The molecular weight excluding hydrogens is 394 g/mol. The molecule has 2 aromatic carbocycles. The highest BCUT2D eigenvalue weighted by Crippen LogP contribution is 2.53. The monoisotopic (exact) mass is 419 g/mol. The van der Waals surface area contributed by atoms with Crippen molar-refractivity contribution in [1.29, 1.82) is 0 Å². The van der Waals surface area contributed by atoms with Crippen molar-refractivity contribution in [2.45, 2.75) is 44.3 Å². The fourth-order valence-corrected chi connectivity index (χ4v) is 5.46. The average molecular weight is 419 g/mol. The second kappa shape index (κ2) is 6.92. The molecule has 2 aromatic rings. The van der Waals surface area contributed by atoms with Crippen molar-refractivity contribution in [3.63, 3.8) is 0 Å². The van der Waals surface area contributed by atoms with Crippen LogP contribution in [0.3, 0.4) is 0 Å². The lowest BCUT2D eigenvalue weighted by atomic mass is 9.76. The number of carbonyl (C=O) groups excluding carboxylic acids is 3. The minimum absolute atomic E-state index is 0.164. The number of imide groups is 1. The van der Waals surface area contributed by atoms with E-state index >= 15 is 0 Å². The van der Waals surface area contributed by atoms with E-state index in [2.05, 4.69) is 10.6 Å². The van der Waals surface area contributed by atoms with E-state index in [0.29, 0.717) is 18.5 Å². The highest BCUT2D eigenvalue weighted by atomic mass is 16.3. The number of phenols is 1. The number of para-hydroxylation sites is 1. The molecule has 3 aliphatic heterocycles. The third-order valence-corrected chi connectivity index (χ3v) is 7.08. The van der Waals surface area contributed by atoms with Crippen LogP contribution in [-0.2, 0) is 26.3 Å². The van der Waals surface area contributed by atoms with Crippen molar-refractivity contribution in [3.8, 4) is 5.75 Å². The van der Waals surface area contributed by atoms with Gasteiger partial charge in [-0.25, -0.2) is 0 Å². The third kappa shape index (κ3) is 2.66. The van der Waals surface area contributed by atoms with Gasteiger partial charge in [-0.2, -0.15) is 0 Å². The normalized spacial score (nSPS) is 29.9. The summed E-state index contributed by atoms with van der Waals surface area (Å²) in [5.41, 5.74) is 1.04. The summed E-state index contributed by atoms with van der Waals surface area (Å²) in [5, 5.41) is 15.9. The molecule has 3 amide bonds. The minimum atomic E-state index is -1.27. The maximum atomic E-state index is 13.6. The van der Waals surface area contributed by atoms with Gasteiger partial charge in [0, 0.05) is 23.3 Å². The molecule has 160 valence electrons. The molecule has 7 heteroatoms. The molecule has 5 atom stereocenters. The van der Waals surface area contributed by atoms with E-state index in [9.17, 15) is 19.5 Å². The summed E-state index contributed by atoms with van der Waals surface area (Å²) in [4.78, 5) is 41.8. The molecule has 3 aliphatic rings. The summed E-state index contributed by atoms with van der Waals surface area (Å²) >= 11 is 0. The Bertz CT molecular complexity index is 1080. The summed E-state index contributed by atoms with van der Waals surface area (Å²) in [6.45, 7) is 3.81. The number of likely N-dealkylation sites (tertiary alicyclic amines) is 1. The fraction of sp³-hybridized carbons (Fsp3) is 0.375. The van der Waals surface area contributed by atoms with Crippen molar-refractivity contribution in [1.82, 2.24) is 10.2 Å². The van der Waals surface area contributed by atoms with Gasteiger partial charge in [0.25, 0.3) is 0 Å². The Balaban J connectivity index is 1.62. The lowest BCUT2D eigenvalue weighted by molar-refractivity contribution is -0.145. The number of aromatic hydroxyl groups is 1. The molecule has 31 heavy (non-hydrogen) atoms. The SMILES string of the molecule is CC[C@@H](C)N1C(=O)[C@H]2[C@@H](C1=O)[C@@]1(N[C@@H]2Cc2ccc(O)cc2)C(=O)Nc2ccccc21. The zero-order chi connectivity index (χ0) is 21.9. The van der Waals surface area contributed by atoms with E-state index in [1.807, 2.05) is 38.1 Å². The van der Waals surface area contributed by atoms with Gasteiger partial charge in [0.1, 0.15) is 11.3 Å². The number of carbonyl (C=O) groups is 3. The number of fused-ring (bicyclic) bond motifs is 4. The number of benzene rings is 2. The molecular formula is C24H25N3O4. The van der Waals surface area contributed by atoms with Crippen molar-refractivity contribution >= 4 is 23.4 Å². The van der Waals surface area contributed by atoms with Gasteiger partial charge in [-0.3, -0.25) is 24.6 Å². The van der Waals surface area contributed by atoms with Crippen LogP contribution in [0.15, 0.2) is 48.5 Å². The molecule has 2 fully saturated rings. The largest absolute Gasteiger partial charge is 0.508 e. The quantitative estimate of drug-likeness (QED) is 0.660. The van der Waals surface area contributed by atoms with Gasteiger partial charge < -0.3 is 10.4 Å². The van der Waals surface area contributed by atoms with E-state index in [-0.39, 0.29) is 29.5 Å². The Morgan fingerprint density at radius 1 is 1.06 bits per heavy atom. The average Bonchev–Trinajstić information content (AvgIpc) is 3.34. The van der Waals surface area contributed by atoms with E-state index in [1.165, 1.54) is 4.90 Å². The van der Waals surface area contributed by atoms with Crippen LogP contribution >= 0.6 is 0 Å². The van der Waals surface area contributed by atoms with Gasteiger partial charge in [0.05, 0.1) is 11.8 Å². The van der Waals surface area contributed by atoms with Crippen LogP contribution in [0.25, 0.3) is 0 Å². The maximum Gasteiger partial charge on any atom is 0.250 e. The highest BCUT2D eigenvalue weighted by molar-refractivity contribution is 6.15. The van der Waals surface area contributed by atoms with Gasteiger partial charge in [0.15, 0.2) is 0 Å². The number of amides is 3. The molecule has 0 aromatic heterocycles. The summed E-state index contributed by atoms with van der Waals surface area (Å²) in [7, 11) is 0. The molecule has 0 bridgehead atoms. The Morgan fingerprint density at radius 3 is 2.48 bits per heavy atom. The Hall–Kier alpha value is -3.19. The molecule has 2 saturated heterocycles. The molecule has 0 aliphatic carbocycles. The number of rotatable bonds is 4. The predicted molar refractivity (Wildman–Crippen MR) is 114 cm³/mol. The highest BCUT2D eigenvalue weighted by Gasteiger charge is 2.70. The van der Waals surface area contributed by atoms with Crippen molar-refractivity contribution in [3.05, 3.63) is 59.7 Å². The summed E-state index contributed by atoms with van der Waals surface area (Å²) in [6.07, 6.45) is 1.12. The van der Waals surface area contributed by atoms with Crippen LogP contribution in [0.2, 0.25) is 0 Å². The van der Waals surface area contributed by atoms with E-state index < -0.39 is 23.4 Å². The van der Waals surface area contributed by atoms with Crippen molar-refractivity contribution < 1.29 is 19.5 Å². The number of hydrogen-bond donors (Lipinski definition) is 3.